The van der Waals surface area contributed by atoms with Gasteiger partial charge in [0.15, 0.2) is 0 Å². The molecule has 2 heterocycles. The van der Waals surface area contributed by atoms with Crippen LogP contribution in [0, 0.1) is 11.8 Å². The molecular formula is C26H34N2O5. The van der Waals surface area contributed by atoms with Crippen LogP contribution in [0.5, 0.6) is 0 Å². The van der Waals surface area contributed by atoms with E-state index in [1.165, 1.54) is 38.4 Å². The Bertz CT molecular complexity index is 968. The predicted molar refractivity (Wildman–Crippen MR) is 124 cm³/mol. The van der Waals surface area contributed by atoms with Crippen molar-refractivity contribution in [1.82, 2.24) is 9.47 Å². The van der Waals surface area contributed by atoms with E-state index in [-0.39, 0.29) is 18.2 Å². The number of ether oxygens (including phenoxy) is 1. The first-order chi connectivity index (χ1) is 16.1. The lowest BCUT2D eigenvalue weighted by Gasteiger charge is -2.29. The Labute approximate surface area is 194 Å². The molecule has 4 rings (SSSR count). The van der Waals surface area contributed by atoms with Crippen LogP contribution in [0.1, 0.15) is 67.4 Å². The van der Waals surface area contributed by atoms with Crippen molar-refractivity contribution in [2.45, 2.75) is 57.8 Å². The number of carbonyl (C=O) groups excluding carboxylic acids is 2. The summed E-state index contributed by atoms with van der Waals surface area (Å²) < 4.78 is 11.6. The van der Waals surface area contributed by atoms with Crippen molar-refractivity contribution in [3.05, 3.63) is 58.4 Å². The van der Waals surface area contributed by atoms with Gasteiger partial charge in [-0.1, -0.05) is 62.4 Å². The van der Waals surface area contributed by atoms with Gasteiger partial charge in [0.05, 0.1) is 18.9 Å². The van der Waals surface area contributed by atoms with Crippen molar-refractivity contribution >= 4 is 11.8 Å². The molecule has 2 aliphatic rings. The van der Waals surface area contributed by atoms with E-state index in [4.69, 9.17) is 9.15 Å². The number of benzene rings is 1. The van der Waals surface area contributed by atoms with Crippen LogP contribution >= 0.6 is 0 Å². The average molecular weight is 455 g/mol. The van der Waals surface area contributed by atoms with Crippen LogP contribution in [0.15, 0.2) is 45.8 Å². The maximum absolute atomic E-state index is 13.6. The first-order valence-electron chi connectivity index (χ1n) is 12.2. The summed E-state index contributed by atoms with van der Waals surface area (Å²) in [7, 11) is 0. The van der Waals surface area contributed by atoms with Crippen LogP contribution in [-0.2, 0) is 16.0 Å². The van der Waals surface area contributed by atoms with Crippen LogP contribution in [0.4, 0.5) is 0 Å². The lowest BCUT2D eigenvalue weighted by molar-refractivity contribution is -0.136. The molecule has 0 N–H and O–H groups in total. The topological polar surface area (TPSA) is 81.8 Å². The Kier molecular flexibility index (Phi) is 8.15. The summed E-state index contributed by atoms with van der Waals surface area (Å²) in [4.78, 5) is 40.9. The highest BCUT2D eigenvalue weighted by molar-refractivity contribution is 5.87. The van der Waals surface area contributed by atoms with Gasteiger partial charge >= 0.3 is 5.76 Å². The summed E-state index contributed by atoms with van der Waals surface area (Å²) in [6.07, 6.45) is 9.55. The van der Waals surface area contributed by atoms with E-state index in [0.29, 0.717) is 50.8 Å². The predicted octanol–water partition coefficient (Wildman–Crippen LogP) is 3.90. The monoisotopic (exact) mass is 454 g/mol. The summed E-state index contributed by atoms with van der Waals surface area (Å²) in [6.45, 7) is 2.14. The van der Waals surface area contributed by atoms with E-state index in [0.717, 1.165) is 16.6 Å². The second kappa shape index (κ2) is 11.5. The number of amides is 1. The van der Waals surface area contributed by atoms with E-state index >= 15 is 0 Å². The van der Waals surface area contributed by atoms with Gasteiger partial charge in [0.25, 0.3) is 0 Å². The number of nitrogens with zero attached hydrogens (tertiary/aromatic N) is 2. The van der Waals surface area contributed by atoms with Crippen molar-refractivity contribution in [3.63, 3.8) is 0 Å². The Morgan fingerprint density at radius 2 is 1.76 bits per heavy atom. The summed E-state index contributed by atoms with van der Waals surface area (Å²) in [6, 6.07) is 9.68. The first kappa shape index (κ1) is 23.5. The van der Waals surface area contributed by atoms with E-state index in [2.05, 4.69) is 0 Å². The standard InChI is InChI=1S/C26H34N2O5/c29-24(27-13-15-32-16-14-27)18-22(12-11-20-7-3-1-4-8-20)25(30)28-23(19-33-26(28)31)17-21-9-5-2-6-10-21/h2,5-6,9-10,19-20,22H,1,3-4,7-8,11-18H2. The fourth-order valence-electron chi connectivity index (χ4n) is 5.06. The minimum Gasteiger partial charge on any atom is -0.416 e. The van der Waals surface area contributed by atoms with Crippen LogP contribution in [0.25, 0.3) is 0 Å². The van der Waals surface area contributed by atoms with E-state index < -0.39 is 11.7 Å². The quantitative estimate of drug-likeness (QED) is 0.604. The Morgan fingerprint density at radius 1 is 1.03 bits per heavy atom. The molecule has 0 radical (unpaired) electrons. The van der Waals surface area contributed by atoms with Gasteiger partial charge in [0.1, 0.15) is 6.26 Å². The molecule has 1 saturated heterocycles. The summed E-state index contributed by atoms with van der Waals surface area (Å²) in [5.74, 6) is -0.976. The number of aromatic nitrogens is 1. The molecular weight excluding hydrogens is 420 g/mol. The van der Waals surface area contributed by atoms with Gasteiger partial charge in [-0.2, -0.15) is 0 Å². The van der Waals surface area contributed by atoms with E-state index in [9.17, 15) is 14.4 Å². The lowest BCUT2D eigenvalue weighted by atomic mass is 9.83. The zero-order valence-electron chi connectivity index (χ0n) is 19.2. The zero-order chi connectivity index (χ0) is 23.0. The molecule has 7 nitrogen and oxygen atoms in total. The molecule has 2 aromatic rings. The highest BCUT2D eigenvalue weighted by Gasteiger charge is 2.30. The molecule has 1 atom stereocenters. The van der Waals surface area contributed by atoms with Crippen LogP contribution < -0.4 is 5.76 Å². The van der Waals surface area contributed by atoms with Gasteiger partial charge in [0, 0.05) is 31.8 Å². The first-order valence-corrected chi connectivity index (χ1v) is 12.2. The number of rotatable bonds is 8. The molecule has 2 fully saturated rings. The van der Waals surface area contributed by atoms with Crippen LogP contribution in [-0.4, -0.2) is 47.6 Å². The Hall–Kier alpha value is -2.67. The minimum absolute atomic E-state index is 0.0403. The highest BCUT2D eigenvalue weighted by atomic mass is 16.5. The second-order valence-electron chi connectivity index (χ2n) is 9.30. The molecule has 1 aliphatic carbocycles. The number of hydrogen-bond donors (Lipinski definition) is 0. The molecule has 1 aromatic heterocycles. The molecule has 7 heteroatoms. The molecule has 1 aromatic carbocycles. The van der Waals surface area contributed by atoms with Crippen molar-refractivity contribution < 1.29 is 18.7 Å². The lowest BCUT2D eigenvalue weighted by Crippen LogP contribution is -2.42. The van der Waals surface area contributed by atoms with Gasteiger partial charge < -0.3 is 14.1 Å². The van der Waals surface area contributed by atoms with E-state index in [1.807, 2.05) is 30.3 Å². The van der Waals surface area contributed by atoms with E-state index in [1.54, 1.807) is 4.90 Å². The highest BCUT2D eigenvalue weighted by Crippen LogP contribution is 2.30. The molecule has 178 valence electrons. The second-order valence-corrected chi connectivity index (χ2v) is 9.30. The fourth-order valence-corrected chi connectivity index (χ4v) is 5.06. The van der Waals surface area contributed by atoms with Crippen LogP contribution in [0.2, 0.25) is 0 Å². The molecule has 33 heavy (non-hydrogen) atoms. The third-order valence-electron chi connectivity index (χ3n) is 7.00. The number of oxazole rings is 1. The van der Waals surface area contributed by atoms with Gasteiger partial charge in [-0.25, -0.2) is 9.36 Å². The number of hydrogen-bond acceptors (Lipinski definition) is 5. The number of morpholine rings is 1. The molecule has 1 aliphatic heterocycles. The van der Waals surface area contributed by atoms with Gasteiger partial charge in [-0.15, -0.1) is 0 Å². The molecule has 1 unspecified atom stereocenters. The van der Waals surface area contributed by atoms with Gasteiger partial charge in [-0.05, 0) is 24.3 Å². The molecule has 0 bridgehead atoms. The fraction of sp³-hybridized carbons (Fsp3) is 0.577. The van der Waals surface area contributed by atoms with Gasteiger partial charge in [0.2, 0.25) is 11.8 Å². The molecule has 0 spiro atoms. The summed E-state index contributed by atoms with van der Waals surface area (Å²) >= 11 is 0. The van der Waals surface area contributed by atoms with Crippen LogP contribution in [0.3, 0.4) is 0 Å². The van der Waals surface area contributed by atoms with Crippen molar-refractivity contribution in [1.29, 1.82) is 0 Å². The SMILES string of the molecule is O=C(CC(CCC1CCCCC1)C(=O)n1c(Cc2ccccc2)coc1=O)N1CCOCC1. The largest absolute Gasteiger partial charge is 0.426 e. The third-order valence-corrected chi connectivity index (χ3v) is 7.00. The third kappa shape index (κ3) is 6.22. The summed E-state index contributed by atoms with van der Waals surface area (Å²) in [5, 5.41) is 0. The van der Waals surface area contributed by atoms with Crippen molar-refractivity contribution in [3.8, 4) is 0 Å². The Morgan fingerprint density at radius 3 is 2.48 bits per heavy atom. The molecule has 1 saturated carbocycles. The molecule has 1 amide bonds. The smallest absolute Gasteiger partial charge is 0.416 e. The maximum Gasteiger partial charge on any atom is 0.426 e. The van der Waals surface area contributed by atoms with Gasteiger partial charge in [-0.3, -0.25) is 9.59 Å². The zero-order valence-corrected chi connectivity index (χ0v) is 19.2. The average Bonchev–Trinajstić information content (AvgIpc) is 3.22. The Balaban J connectivity index is 1.52. The number of carbonyl (C=O) groups is 2. The van der Waals surface area contributed by atoms with Crippen molar-refractivity contribution in [2.75, 3.05) is 26.3 Å². The maximum atomic E-state index is 13.6. The van der Waals surface area contributed by atoms with Crippen molar-refractivity contribution in [2.24, 2.45) is 11.8 Å². The minimum atomic E-state index is -0.674. The summed E-state index contributed by atoms with van der Waals surface area (Å²) in [5.41, 5.74) is 1.51. The normalized spacial score (nSPS) is 18.2.